The third-order valence-electron chi connectivity index (χ3n) is 6.12. The van der Waals surface area contributed by atoms with Gasteiger partial charge in [-0.25, -0.2) is 0 Å². The molecule has 35 heavy (non-hydrogen) atoms. The quantitative estimate of drug-likeness (QED) is 0.355. The molecule has 0 radical (unpaired) electrons. The highest BCUT2D eigenvalue weighted by Gasteiger charge is 2.34. The first-order chi connectivity index (χ1) is 16.5. The van der Waals surface area contributed by atoms with E-state index in [1.54, 1.807) is 25.3 Å². The van der Waals surface area contributed by atoms with Crippen molar-refractivity contribution in [3.8, 4) is 0 Å². The van der Waals surface area contributed by atoms with Gasteiger partial charge in [0.1, 0.15) is 17.8 Å². The molecule has 1 unspecified atom stereocenters. The molecule has 7 nitrogen and oxygen atoms in total. The first kappa shape index (κ1) is 28.5. The number of ether oxygens (including phenoxy) is 2. The van der Waals surface area contributed by atoms with Crippen molar-refractivity contribution in [3.63, 3.8) is 0 Å². The Kier molecular flexibility index (Phi) is 10.9. The number of hydrogen-bond donors (Lipinski definition) is 2. The third-order valence-corrected chi connectivity index (χ3v) is 6.12. The Hall–Kier alpha value is -2.77. The number of pyridine rings is 1. The van der Waals surface area contributed by atoms with Crippen molar-refractivity contribution < 1.29 is 29.3 Å². The number of carbonyl (C=O) groups excluding carboxylic acids is 2. The van der Waals surface area contributed by atoms with E-state index in [-0.39, 0.29) is 31.1 Å². The molecule has 1 aromatic rings. The minimum absolute atomic E-state index is 0.155. The van der Waals surface area contributed by atoms with Gasteiger partial charge in [0.05, 0.1) is 12.5 Å². The van der Waals surface area contributed by atoms with Crippen molar-refractivity contribution in [2.45, 2.75) is 84.2 Å². The number of carbonyl (C=O) groups is 2. The number of rotatable bonds is 6. The largest absolute Gasteiger partial charge is 0.457 e. The van der Waals surface area contributed by atoms with Gasteiger partial charge in [0.15, 0.2) is 0 Å². The summed E-state index contributed by atoms with van der Waals surface area (Å²) >= 11 is 0. The number of allylic oxidation sites excluding steroid dienone is 3. The SMILES string of the molecule is CC(=O)O[C@H]1/C=C\[C@H](C)[C@@H](/C(C)=C/C=C/C(C)Cc2ccccn2)OC(=O)C[C@@H](O)CC[C@]1(C)O. The second-order valence-corrected chi connectivity index (χ2v) is 9.74. The molecular weight excluding hydrogens is 446 g/mol. The van der Waals surface area contributed by atoms with Crippen molar-refractivity contribution in [1.82, 2.24) is 4.98 Å². The minimum Gasteiger partial charge on any atom is -0.457 e. The van der Waals surface area contributed by atoms with E-state index in [1.807, 2.05) is 44.2 Å². The zero-order chi connectivity index (χ0) is 26.0. The number of aliphatic hydroxyl groups is 2. The fraction of sp³-hybridized carbons (Fsp3) is 0.536. The van der Waals surface area contributed by atoms with Gasteiger partial charge in [-0.2, -0.15) is 0 Å². The summed E-state index contributed by atoms with van der Waals surface area (Å²) in [5, 5.41) is 21.2. The zero-order valence-corrected chi connectivity index (χ0v) is 21.4. The van der Waals surface area contributed by atoms with Crippen LogP contribution in [-0.2, 0) is 25.5 Å². The molecule has 0 aliphatic carbocycles. The van der Waals surface area contributed by atoms with Gasteiger partial charge in [-0.1, -0.05) is 44.2 Å². The molecular formula is C28H39NO6. The smallest absolute Gasteiger partial charge is 0.309 e. The van der Waals surface area contributed by atoms with E-state index in [2.05, 4.69) is 18.0 Å². The molecule has 1 aromatic heterocycles. The summed E-state index contributed by atoms with van der Waals surface area (Å²) in [6, 6.07) is 5.86. The Morgan fingerprint density at radius 1 is 1.34 bits per heavy atom. The van der Waals surface area contributed by atoms with Crippen LogP contribution in [0.2, 0.25) is 0 Å². The molecule has 1 aliphatic rings. The predicted octanol–water partition coefficient (Wildman–Crippen LogP) is 4.09. The Morgan fingerprint density at radius 3 is 2.74 bits per heavy atom. The van der Waals surface area contributed by atoms with Crippen LogP contribution < -0.4 is 0 Å². The Morgan fingerprint density at radius 2 is 2.09 bits per heavy atom. The Bertz CT molecular complexity index is 921. The van der Waals surface area contributed by atoms with E-state index in [1.165, 1.54) is 6.92 Å². The average molecular weight is 486 g/mol. The summed E-state index contributed by atoms with van der Waals surface area (Å²) in [6.45, 7) is 8.74. The average Bonchev–Trinajstić information content (AvgIpc) is 2.78. The molecule has 0 saturated heterocycles. The number of cyclic esters (lactones) is 1. The van der Waals surface area contributed by atoms with Crippen molar-refractivity contribution in [3.05, 3.63) is 66.0 Å². The van der Waals surface area contributed by atoms with Crippen LogP contribution in [0.4, 0.5) is 0 Å². The summed E-state index contributed by atoms with van der Waals surface area (Å²) < 4.78 is 11.1. The Balaban J connectivity index is 2.23. The van der Waals surface area contributed by atoms with Crippen molar-refractivity contribution in [2.24, 2.45) is 11.8 Å². The van der Waals surface area contributed by atoms with Gasteiger partial charge in [-0.3, -0.25) is 14.6 Å². The van der Waals surface area contributed by atoms with E-state index in [4.69, 9.17) is 9.47 Å². The maximum atomic E-state index is 12.5. The minimum atomic E-state index is -1.39. The fourth-order valence-corrected chi connectivity index (χ4v) is 4.04. The van der Waals surface area contributed by atoms with Crippen LogP contribution >= 0.6 is 0 Å². The van der Waals surface area contributed by atoms with Crippen LogP contribution in [0.25, 0.3) is 0 Å². The molecule has 0 amide bonds. The van der Waals surface area contributed by atoms with Gasteiger partial charge in [-0.05, 0) is 62.8 Å². The number of aromatic nitrogens is 1. The summed E-state index contributed by atoms with van der Waals surface area (Å²) in [7, 11) is 0. The van der Waals surface area contributed by atoms with Crippen LogP contribution in [0.1, 0.15) is 59.6 Å². The molecule has 1 aliphatic heterocycles. The zero-order valence-electron chi connectivity index (χ0n) is 21.4. The standard InChI is InChI=1S/C28H39NO6/c1-19(17-23-11-6-7-16-29-23)9-8-10-20(2)27-21(3)12-13-25(34-22(4)30)28(5,33)15-14-24(31)18-26(32)35-27/h6-13,16,19,21,24-25,27,31,33H,14-15,17-18H2,1-5H3/b9-8+,13-12-,20-10+/t19?,21-,24-,25-,27+,28-/m0/s1. The topological polar surface area (TPSA) is 106 Å². The number of hydrogen-bond acceptors (Lipinski definition) is 7. The molecule has 7 heteroatoms. The first-order valence-corrected chi connectivity index (χ1v) is 12.2. The number of esters is 2. The van der Waals surface area contributed by atoms with Gasteiger partial charge in [0.2, 0.25) is 0 Å². The summed E-state index contributed by atoms with van der Waals surface area (Å²) in [5.41, 5.74) is 0.465. The van der Waals surface area contributed by atoms with E-state index >= 15 is 0 Å². The second kappa shape index (κ2) is 13.4. The van der Waals surface area contributed by atoms with Crippen molar-refractivity contribution in [1.29, 1.82) is 0 Å². The molecule has 192 valence electrons. The van der Waals surface area contributed by atoms with E-state index in [0.717, 1.165) is 17.7 Å². The molecule has 2 N–H and O–H groups in total. The van der Waals surface area contributed by atoms with E-state index < -0.39 is 35.9 Å². The molecule has 0 bridgehead atoms. The molecule has 0 fully saturated rings. The Labute approximate surface area is 208 Å². The van der Waals surface area contributed by atoms with Gasteiger partial charge >= 0.3 is 11.9 Å². The second-order valence-electron chi connectivity index (χ2n) is 9.74. The summed E-state index contributed by atoms with van der Waals surface area (Å²) in [4.78, 5) is 28.5. The van der Waals surface area contributed by atoms with E-state index in [9.17, 15) is 19.8 Å². The van der Waals surface area contributed by atoms with Crippen molar-refractivity contribution in [2.75, 3.05) is 0 Å². The molecule has 2 heterocycles. The summed E-state index contributed by atoms with van der Waals surface area (Å²) in [6.07, 6.45) is 9.68. The van der Waals surface area contributed by atoms with Crippen LogP contribution in [0.15, 0.2) is 60.3 Å². The van der Waals surface area contributed by atoms with Gasteiger partial charge < -0.3 is 19.7 Å². The van der Waals surface area contributed by atoms with Crippen LogP contribution in [-0.4, -0.2) is 51.0 Å². The fourth-order valence-electron chi connectivity index (χ4n) is 4.04. The van der Waals surface area contributed by atoms with Gasteiger partial charge in [0, 0.05) is 24.7 Å². The molecule has 2 rings (SSSR count). The van der Waals surface area contributed by atoms with Crippen LogP contribution in [0.3, 0.4) is 0 Å². The number of nitrogens with zero attached hydrogens (tertiary/aromatic N) is 1. The lowest BCUT2D eigenvalue weighted by molar-refractivity contribution is -0.157. The number of aliphatic hydroxyl groups excluding tert-OH is 1. The molecule has 6 atom stereocenters. The lowest BCUT2D eigenvalue weighted by Gasteiger charge is -2.32. The molecule has 0 saturated carbocycles. The monoisotopic (exact) mass is 485 g/mol. The van der Waals surface area contributed by atoms with E-state index in [0.29, 0.717) is 0 Å². The lowest BCUT2D eigenvalue weighted by Crippen LogP contribution is -2.42. The maximum Gasteiger partial charge on any atom is 0.309 e. The highest BCUT2D eigenvalue weighted by Crippen LogP contribution is 2.27. The highest BCUT2D eigenvalue weighted by atomic mass is 16.6. The molecule has 0 spiro atoms. The van der Waals surface area contributed by atoms with Gasteiger partial charge in [0.25, 0.3) is 0 Å². The summed E-state index contributed by atoms with van der Waals surface area (Å²) in [5.74, 6) is -1.00. The first-order valence-electron chi connectivity index (χ1n) is 12.2. The van der Waals surface area contributed by atoms with Gasteiger partial charge in [-0.15, -0.1) is 0 Å². The maximum absolute atomic E-state index is 12.5. The lowest BCUT2D eigenvalue weighted by atomic mass is 9.88. The third kappa shape index (κ3) is 9.78. The predicted molar refractivity (Wildman–Crippen MR) is 134 cm³/mol. The normalized spacial score (nSPS) is 30.6. The molecule has 0 aromatic carbocycles. The van der Waals surface area contributed by atoms with Crippen LogP contribution in [0, 0.1) is 11.8 Å². The van der Waals surface area contributed by atoms with Crippen LogP contribution in [0.5, 0.6) is 0 Å². The highest BCUT2D eigenvalue weighted by molar-refractivity contribution is 5.70. The van der Waals surface area contributed by atoms with Crippen molar-refractivity contribution >= 4 is 11.9 Å².